The number of hydrogen-bond donors (Lipinski definition) is 1. The number of benzene rings is 2. The molecule has 3 heteroatoms. The highest BCUT2D eigenvalue weighted by Gasteiger charge is 2.11. The number of hydrogen-bond acceptors (Lipinski definition) is 2. The van der Waals surface area contributed by atoms with Gasteiger partial charge in [0.2, 0.25) is 5.91 Å². The van der Waals surface area contributed by atoms with Crippen LogP contribution in [0.15, 0.2) is 54.6 Å². The Morgan fingerprint density at radius 1 is 1.04 bits per heavy atom. The van der Waals surface area contributed by atoms with Crippen LogP contribution in [0.2, 0.25) is 0 Å². The Kier molecular flexibility index (Phi) is 6.02. The van der Waals surface area contributed by atoms with Crippen LogP contribution in [0, 0.1) is 6.92 Å². The molecule has 0 spiro atoms. The summed E-state index contributed by atoms with van der Waals surface area (Å²) in [5, 5.41) is 2.95. The summed E-state index contributed by atoms with van der Waals surface area (Å²) in [7, 11) is 0. The fourth-order valence-corrected chi connectivity index (χ4v) is 3.15. The normalized spacial score (nSPS) is 14.9. The maximum absolute atomic E-state index is 12.0. The number of aryl methyl sites for hydroxylation is 1. The van der Waals surface area contributed by atoms with E-state index in [-0.39, 0.29) is 5.91 Å². The van der Waals surface area contributed by atoms with Crippen molar-refractivity contribution in [3.8, 4) is 0 Å². The standard InChI is InChI=1S/C22H26N2O/c1-18-6-2-3-7-21(18)12-13-22(25)23-16-19-8-10-20(11-9-19)17-24-14-4-5-15-24/h2-3,6-13H,4-5,14-17H2,1H3,(H,23,25)/b13-12+. The van der Waals surface area contributed by atoms with Gasteiger partial charge in [0.25, 0.3) is 0 Å². The first-order valence-electron chi connectivity index (χ1n) is 9.02. The zero-order chi connectivity index (χ0) is 17.5. The van der Waals surface area contributed by atoms with Gasteiger partial charge in [0.05, 0.1) is 0 Å². The predicted octanol–water partition coefficient (Wildman–Crippen LogP) is 3.92. The molecule has 3 rings (SSSR count). The van der Waals surface area contributed by atoms with E-state index in [2.05, 4.69) is 34.5 Å². The molecule has 0 bridgehead atoms. The SMILES string of the molecule is Cc1ccccc1/C=C/C(=O)NCc1ccc(CN2CCCC2)cc1. The van der Waals surface area contributed by atoms with Gasteiger partial charge < -0.3 is 5.32 Å². The van der Waals surface area contributed by atoms with Crippen molar-refractivity contribution in [3.05, 3.63) is 76.9 Å². The smallest absolute Gasteiger partial charge is 0.244 e. The molecule has 1 amide bonds. The van der Waals surface area contributed by atoms with Crippen LogP contribution in [0.1, 0.15) is 35.1 Å². The molecule has 0 aromatic heterocycles. The van der Waals surface area contributed by atoms with Gasteiger partial charge in [-0.05, 0) is 61.2 Å². The van der Waals surface area contributed by atoms with E-state index in [0.717, 1.165) is 17.7 Å². The molecule has 130 valence electrons. The minimum absolute atomic E-state index is 0.0654. The Morgan fingerprint density at radius 3 is 2.44 bits per heavy atom. The molecule has 3 nitrogen and oxygen atoms in total. The Bertz CT molecular complexity index is 728. The number of carbonyl (C=O) groups excluding carboxylic acids is 1. The second kappa shape index (κ2) is 8.63. The molecule has 0 unspecified atom stereocenters. The first-order chi connectivity index (χ1) is 12.2. The van der Waals surface area contributed by atoms with E-state index < -0.39 is 0 Å². The van der Waals surface area contributed by atoms with Crippen molar-refractivity contribution in [3.63, 3.8) is 0 Å². The van der Waals surface area contributed by atoms with Gasteiger partial charge >= 0.3 is 0 Å². The topological polar surface area (TPSA) is 32.3 Å². The molecule has 2 aromatic rings. The fourth-order valence-electron chi connectivity index (χ4n) is 3.15. The van der Waals surface area contributed by atoms with Crippen LogP contribution < -0.4 is 5.32 Å². The minimum atomic E-state index is -0.0654. The summed E-state index contributed by atoms with van der Waals surface area (Å²) < 4.78 is 0. The average molecular weight is 334 g/mol. The highest BCUT2D eigenvalue weighted by Crippen LogP contribution is 2.13. The summed E-state index contributed by atoms with van der Waals surface area (Å²) in [6.45, 7) is 6.06. The van der Waals surface area contributed by atoms with Gasteiger partial charge in [-0.1, -0.05) is 48.5 Å². The molecule has 1 aliphatic heterocycles. The van der Waals surface area contributed by atoms with Gasteiger partial charge in [-0.25, -0.2) is 0 Å². The molecule has 1 aliphatic rings. The molecule has 1 N–H and O–H groups in total. The maximum Gasteiger partial charge on any atom is 0.244 e. The summed E-state index contributed by atoms with van der Waals surface area (Å²) >= 11 is 0. The molecule has 1 heterocycles. The predicted molar refractivity (Wildman–Crippen MR) is 103 cm³/mol. The van der Waals surface area contributed by atoms with Gasteiger partial charge in [0.1, 0.15) is 0 Å². The quantitative estimate of drug-likeness (QED) is 0.812. The lowest BCUT2D eigenvalue weighted by Gasteiger charge is -2.14. The van der Waals surface area contributed by atoms with Crippen LogP contribution in [-0.2, 0) is 17.9 Å². The molecule has 0 aliphatic carbocycles. The van der Waals surface area contributed by atoms with Crippen molar-refractivity contribution in [1.29, 1.82) is 0 Å². The molecule has 0 radical (unpaired) electrons. The van der Waals surface area contributed by atoms with Crippen LogP contribution >= 0.6 is 0 Å². The van der Waals surface area contributed by atoms with E-state index in [1.54, 1.807) is 6.08 Å². The summed E-state index contributed by atoms with van der Waals surface area (Å²) in [5.74, 6) is -0.0654. The highest BCUT2D eigenvalue weighted by molar-refractivity contribution is 5.91. The third-order valence-corrected chi connectivity index (χ3v) is 4.70. The first-order valence-corrected chi connectivity index (χ1v) is 9.02. The van der Waals surface area contributed by atoms with Gasteiger partial charge in [-0.2, -0.15) is 0 Å². The second-order valence-corrected chi connectivity index (χ2v) is 6.71. The molecular formula is C22H26N2O. The molecule has 0 atom stereocenters. The molecule has 0 saturated carbocycles. The Morgan fingerprint density at radius 2 is 1.72 bits per heavy atom. The number of amides is 1. The Balaban J connectivity index is 1.47. The third-order valence-electron chi connectivity index (χ3n) is 4.70. The van der Waals surface area contributed by atoms with Gasteiger partial charge in [-0.3, -0.25) is 9.69 Å². The summed E-state index contributed by atoms with van der Waals surface area (Å²) in [5.41, 5.74) is 4.71. The zero-order valence-electron chi connectivity index (χ0n) is 14.9. The van der Waals surface area contributed by atoms with Crippen molar-refractivity contribution in [2.24, 2.45) is 0 Å². The monoisotopic (exact) mass is 334 g/mol. The molecular weight excluding hydrogens is 308 g/mol. The van der Waals surface area contributed by atoms with Crippen LogP contribution in [0.5, 0.6) is 0 Å². The van der Waals surface area contributed by atoms with Crippen LogP contribution in [-0.4, -0.2) is 23.9 Å². The lowest BCUT2D eigenvalue weighted by atomic mass is 10.1. The van der Waals surface area contributed by atoms with E-state index in [4.69, 9.17) is 0 Å². The maximum atomic E-state index is 12.0. The third kappa shape index (κ3) is 5.30. The van der Waals surface area contributed by atoms with E-state index in [0.29, 0.717) is 6.54 Å². The van der Waals surface area contributed by atoms with Crippen LogP contribution in [0.3, 0.4) is 0 Å². The van der Waals surface area contributed by atoms with Crippen molar-refractivity contribution in [1.82, 2.24) is 10.2 Å². The zero-order valence-corrected chi connectivity index (χ0v) is 14.9. The fraction of sp³-hybridized carbons (Fsp3) is 0.318. The van der Waals surface area contributed by atoms with Gasteiger partial charge in [0, 0.05) is 19.2 Å². The molecule has 1 saturated heterocycles. The summed E-state index contributed by atoms with van der Waals surface area (Å²) in [4.78, 5) is 14.5. The molecule has 2 aromatic carbocycles. The highest BCUT2D eigenvalue weighted by atomic mass is 16.1. The first kappa shape index (κ1) is 17.4. The number of nitrogens with one attached hydrogen (secondary N) is 1. The average Bonchev–Trinajstić information content (AvgIpc) is 3.13. The van der Waals surface area contributed by atoms with Gasteiger partial charge in [-0.15, -0.1) is 0 Å². The van der Waals surface area contributed by atoms with Crippen LogP contribution in [0.25, 0.3) is 6.08 Å². The minimum Gasteiger partial charge on any atom is -0.348 e. The van der Waals surface area contributed by atoms with Crippen molar-refractivity contribution < 1.29 is 4.79 Å². The van der Waals surface area contributed by atoms with Crippen molar-refractivity contribution >= 4 is 12.0 Å². The number of nitrogens with zero attached hydrogens (tertiary/aromatic N) is 1. The van der Waals surface area contributed by atoms with E-state index in [1.165, 1.54) is 37.1 Å². The molecule has 1 fully saturated rings. The van der Waals surface area contributed by atoms with E-state index in [9.17, 15) is 4.79 Å². The Hall–Kier alpha value is -2.39. The number of carbonyl (C=O) groups is 1. The number of likely N-dealkylation sites (tertiary alicyclic amines) is 1. The lowest BCUT2D eigenvalue weighted by molar-refractivity contribution is -0.116. The second-order valence-electron chi connectivity index (χ2n) is 6.71. The Labute approximate surface area is 150 Å². The van der Waals surface area contributed by atoms with Crippen LogP contribution in [0.4, 0.5) is 0 Å². The van der Waals surface area contributed by atoms with E-state index >= 15 is 0 Å². The van der Waals surface area contributed by atoms with Crippen molar-refractivity contribution in [2.45, 2.75) is 32.9 Å². The van der Waals surface area contributed by atoms with Crippen molar-refractivity contribution in [2.75, 3.05) is 13.1 Å². The van der Waals surface area contributed by atoms with E-state index in [1.807, 2.05) is 37.3 Å². The largest absolute Gasteiger partial charge is 0.348 e. The van der Waals surface area contributed by atoms with Gasteiger partial charge in [0.15, 0.2) is 0 Å². The summed E-state index contributed by atoms with van der Waals surface area (Å²) in [6, 6.07) is 16.6. The number of rotatable bonds is 6. The molecule has 25 heavy (non-hydrogen) atoms. The lowest BCUT2D eigenvalue weighted by Crippen LogP contribution is -2.20. The summed E-state index contributed by atoms with van der Waals surface area (Å²) in [6.07, 6.45) is 6.11.